The largest absolute Gasteiger partial charge is 0.379 e. The van der Waals surface area contributed by atoms with Crippen LogP contribution in [0.2, 0.25) is 0 Å². The lowest BCUT2D eigenvalue weighted by atomic mass is 10.1. The van der Waals surface area contributed by atoms with Crippen LogP contribution >= 0.6 is 0 Å². The van der Waals surface area contributed by atoms with Crippen molar-refractivity contribution in [1.82, 2.24) is 20.2 Å². The molecule has 1 aromatic heterocycles. The number of anilines is 1. The van der Waals surface area contributed by atoms with Crippen LogP contribution in [0.25, 0.3) is 11.4 Å². The molecule has 7 nitrogen and oxygen atoms in total. The maximum Gasteiger partial charge on any atom is 0.256 e. The fourth-order valence-corrected chi connectivity index (χ4v) is 3.87. The Labute approximate surface area is 176 Å². The molecule has 2 aliphatic rings. The minimum absolute atomic E-state index is 0.158. The van der Waals surface area contributed by atoms with E-state index in [4.69, 9.17) is 9.72 Å². The smallest absolute Gasteiger partial charge is 0.256 e. The number of halogens is 1. The van der Waals surface area contributed by atoms with Crippen LogP contribution in [0, 0.1) is 5.82 Å². The van der Waals surface area contributed by atoms with Crippen LogP contribution in [-0.2, 0) is 4.74 Å². The average Bonchev–Trinajstić information content (AvgIpc) is 2.80. The molecule has 1 amide bonds. The van der Waals surface area contributed by atoms with E-state index in [0.717, 1.165) is 64.3 Å². The van der Waals surface area contributed by atoms with Gasteiger partial charge < -0.3 is 15.0 Å². The van der Waals surface area contributed by atoms with Gasteiger partial charge in [0.25, 0.3) is 5.91 Å². The minimum Gasteiger partial charge on any atom is -0.379 e. The Morgan fingerprint density at radius 1 is 1.07 bits per heavy atom. The van der Waals surface area contributed by atoms with Crippen LogP contribution in [-0.4, -0.2) is 73.3 Å². The highest BCUT2D eigenvalue weighted by atomic mass is 19.1. The number of hydrogen-bond donors (Lipinski definition) is 1. The predicted octanol–water partition coefficient (Wildman–Crippen LogP) is 2.33. The van der Waals surface area contributed by atoms with Gasteiger partial charge in [0.1, 0.15) is 17.2 Å². The summed E-state index contributed by atoms with van der Waals surface area (Å²) in [5, 5.41) is 3.01. The molecule has 0 radical (unpaired) electrons. The van der Waals surface area contributed by atoms with Gasteiger partial charge in [-0.3, -0.25) is 9.69 Å². The zero-order valence-electron chi connectivity index (χ0n) is 17.1. The number of rotatable bonds is 6. The molecule has 30 heavy (non-hydrogen) atoms. The summed E-state index contributed by atoms with van der Waals surface area (Å²) >= 11 is 0. The zero-order valence-corrected chi connectivity index (χ0v) is 17.1. The van der Waals surface area contributed by atoms with E-state index in [2.05, 4.69) is 20.1 Å². The van der Waals surface area contributed by atoms with Gasteiger partial charge >= 0.3 is 0 Å². The van der Waals surface area contributed by atoms with Crippen LogP contribution in [0.15, 0.2) is 30.5 Å². The van der Waals surface area contributed by atoms with Crippen molar-refractivity contribution in [3.63, 3.8) is 0 Å². The van der Waals surface area contributed by atoms with Crippen LogP contribution in [0.3, 0.4) is 0 Å². The van der Waals surface area contributed by atoms with Gasteiger partial charge in [0.05, 0.1) is 13.2 Å². The number of amides is 1. The highest BCUT2D eigenvalue weighted by Gasteiger charge is 2.22. The van der Waals surface area contributed by atoms with Crippen molar-refractivity contribution in [3.05, 3.63) is 41.8 Å². The van der Waals surface area contributed by atoms with Crippen molar-refractivity contribution in [3.8, 4) is 11.4 Å². The zero-order chi connectivity index (χ0) is 20.8. The first-order valence-corrected chi connectivity index (χ1v) is 10.7. The van der Waals surface area contributed by atoms with Crippen molar-refractivity contribution in [1.29, 1.82) is 0 Å². The maximum atomic E-state index is 13.3. The van der Waals surface area contributed by atoms with Crippen molar-refractivity contribution < 1.29 is 13.9 Å². The van der Waals surface area contributed by atoms with E-state index in [1.807, 2.05) is 0 Å². The summed E-state index contributed by atoms with van der Waals surface area (Å²) in [6, 6.07) is 6.11. The van der Waals surface area contributed by atoms with Crippen molar-refractivity contribution >= 4 is 11.7 Å². The van der Waals surface area contributed by atoms with Gasteiger partial charge in [-0.1, -0.05) is 0 Å². The van der Waals surface area contributed by atoms with Crippen LogP contribution < -0.4 is 10.2 Å². The number of benzene rings is 1. The van der Waals surface area contributed by atoms with Gasteiger partial charge in [0.2, 0.25) is 0 Å². The number of nitrogens with zero attached hydrogens (tertiary/aromatic N) is 4. The van der Waals surface area contributed by atoms with Crippen molar-refractivity contribution in [2.75, 3.05) is 57.4 Å². The lowest BCUT2D eigenvalue weighted by molar-refractivity contribution is 0.0383. The van der Waals surface area contributed by atoms with E-state index in [1.54, 1.807) is 18.3 Å². The number of morpholine rings is 1. The second kappa shape index (κ2) is 9.95. The van der Waals surface area contributed by atoms with Gasteiger partial charge in [-0.05, 0) is 43.5 Å². The van der Waals surface area contributed by atoms with Gasteiger partial charge in [0.15, 0.2) is 5.82 Å². The molecule has 3 heterocycles. The van der Waals surface area contributed by atoms with E-state index < -0.39 is 0 Å². The third kappa shape index (κ3) is 5.12. The third-order valence-corrected chi connectivity index (χ3v) is 5.59. The molecule has 4 rings (SSSR count). The summed E-state index contributed by atoms with van der Waals surface area (Å²) in [4.78, 5) is 26.5. The fraction of sp³-hybridized carbons (Fsp3) is 0.500. The number of nitrogens with one attached hydrogen (secondary N) is 1. The molecule has 1 N–H and O–H groups in total. The number of carbonyl (C=O) groups is 1. The average molecular weight is 413 g/mol. The van der Waals surface area contributed by atoms with Crippen molar-refractivity contribution in [2.24, 2.45) is 0 Å². The Balaban J connectivity index is 1.51. The quantitative estimate of drug-likeness (QED) is 0.784. The molecular formula is C22H28FN5O2. The Kier molecular flexibility index (Phi) is 6.86. The number of piperidine rings is 1. The molecule has 2 fully saturated rings. The summed E-state index contributed by atoms with van der Waals surface area (Å²) in [6.45, 7) is 6.37. The molecule has 160 valence electrons. The van der Waals surface area contributed by atoms with Crippen LogP contribution in [0.5, 0.6) is 0 Å². The van der Waals surface area contributed by atoms with E-state index >= 15 is 0 Å². The van der Waals surface area contributed by atoms with Gasteiger partial charge in [0, 0.05) is 51.0 Å². The summed E-state index contributed by atoms with van der Waals surface area (Å²) in [6.07, 6.45) is 4.94. The van der Waals surface area contributed by atoms with Crippen LogP contribution in [0.1, 0.15) is 29.6 Å². The molecule has 0 bridgehead atoms. The molecule has 0 unspecified atom stereocenters. The Hall–Kier alpha value is -2.58. The molecule has 2 aliphatic heterocycles. The first-order valence-electron chi connectivity index (χ1n) is 10.7. The van der Waals surface area contributed by atoms with E-state index in [1.165, 1.54) is 18.6 Å². The SMILES string of the molecule is O=C(NCCN1CCOCC1)c1cnc(-c2ccc(F)cc2)nc1N1CCCCC1. The molecule has 1 aromatic carbocycles. The van der Waals surface area contributed by atoms with Gasteiger partial charge in [-0.2, -0.15) is 0 Å². The monoisotopic (exact) mass is 413 g/mol. The standard InChI is InChI=1S/C22H28FN5O2/c23-18-6-4-17(5-7-18)20-25-16-19(21(26-20)28-9-2-1-3-10-28)22(29)24-8-11-27-12-14-30-15-13-27/h4-7,16H,1-3,8-15H2,(H,24,29). The second-order valence-electron chi connectivity index (χ2n) is 7.70. The molecule has 0 spiro atoms. The number of ether oxygens (including phenoxy) is 1. The number of carbonyl (C=O) groups excluding carboxylic acids is 1. The Morgan fingerprint density at radius 3 is 2.53 bits per heavy atom. The molecule has 0 saturated carbocycles. The predicted molar refractivity (Wildman–Crippen MR) is 113 cm³/mol. The summed E-state index contributed by atoms with van der Waals surface area (Å²) in [5.41, 5.74) is 1.22. The van der Waals surface area contributed by atoms with Gasteiger partial charge in [-0.25, -0.2) is 14.4 Å². The van der Waals surface area contributed by atoms with Gasteiger partial charge in [-0.15, -0.1) is 0 Å². The van der Waals surface area contributed by atoms with E-state index in [-0.39, 0.29) is 11.7 Å². The van der Waals surface area contributed by atoms with Crippen molar-refractivity contribution in [2.45, 2.75) is 19.3 Å². The number of hydrogen-bond acceptors (Lipinski definition) is 6. The Morgan fingerprint density at radius 2 is 1.80 bits per heavy atom. The van der Waals surface area contributed by atoms with E-state index in [9.17, 15) is 9.18 Å². The molecule has 2 saturated heterocycles. The Bertz CT molecular complexity index is 849. The molecule has 0 aliphatic carbocycles. The minimum atomic E-state index is -0.300. The molecule has 2 aromatic rings. The lowest BCUT2D eigenvalue weighted by Crippen LogP contribution is -2.41. The molecular weight excluding hydrogens is 385 g/mol. The summed E-state index contributed by atoms with van der Waals surface area (Å²) in [5.74, 6) is 0.703. The topological polar surface area (TPSA) is 70.6 Å². The first-order chi connectivity index (χ1) is 14.7. The third-order valence-electron chi connectivity index (χ3n) is 5.59. The summed E-state index contributed by atoms with van der Waals surface area (Å²) in [7, 11) is 0. The normalized spacial score (nSPS) is 17.7. The first kappa shape index (κ1) is 20.7. The lowest BCUT2D eigenvalue weighted by Gasteiger charge is -2.29. The van der Waals surface area contributed by atoms with E-state index in [0.29, 0.717) is 23.8 Å². The molecule has 8 heteroatoms. The summed E-state index contributed by atoms with van der Waals surface area (Å²) < 4.78 is 18.6. The molecule has 0 atom stereocenters. The second-order valence-corrected chi connectivity index (χ2v) is 7.70. The highest BCUT2D eigenvalue weighted by Crippen LogP contribution is 2.25. The van der Waals surface area contributed by atoms with Crippen LogP contribution in [0.4, 0.5) is 10.2 Å². The maximum absolute atomic E-state index is 13.3. The highest BCUT2D eigenvalue weighted by molar-refractivity contribution is 5.99. The number of aromatic nitrogens is 2. The fourth-order valence-electron chi connectivity index (χ4n) is 3.87.